The Balaban J connectivity index is 0.000000339. The van der Waals surface area contributed by atoms with Crippen molar-refractivity contribution >= 4 is 23.6 Å². The first-order valence-corrected chi connectivity index (χ1v) is 8.46. The molecule has 1 aliphatic rings. The van der Waals surface area contributed by atoms with E-state index in [0.29, 0.717) is 22.7 Å². The predicted octanol–water partition coefficient (Wildman–Crippen LogP) is 5.68. The molecule has 0 aromatic heterocycles. The number of ketones is 1. The Bertz CT molecular complexity index is 928. The number of rotatable bonds is 3. The van der Waals surface area contributed by atoms with Gasteiger partial charge in [-0.25, -0.2) is 0 Å². The van der Waals surface area contributed by atoms with E-state index in [0.717, 1.165) is 11.1 Å². The zero-order chi connectivity index (χ0) is 18.2. The third-order valence-corrected chi connectivity index (χ3v) is 3.94. The largest absolute Gasteiger partial charge is 0.289 e. The van der Waals surface area contributed by atoms with Gasteiger partial charge in [-0.3, -0.25) is 4.79 Å². The molecule has 4 rings (SSSR count). The average Bonchev–Trinajstić information content (AvgIpc) is 3.29. The Morgan fingerprint density at radius 2 is 1.58 bits per heavy atom. The average molecular weight is 362 g/mol. The number of hydrogen-bond acceptors (Lipinski definition) is 4. The Kier molecular flexibility index (Phi) is 6.01. The Hall–Kier alpha value is -3.11. The number of hydrogen-bond donors (Lipinski definition) is 0. The molecular weight excluding hydrogens is 346 g/mol. The SMILES string of the molecule is C1=NN=NC1.O=C(c1ccccc1)c1ccc(Cl)cc1-c1ccccc1. The minimum atomic E-state index is 0.00567. The summed E-state index contributed by atoms with van der Waals surface area (Å²) < 4.78 is 0. The molecule has 0 aliphatic carbocycles. The van der Waals surface area contributed by atoms with Crippen LogP contribution in [0, 0.1) is 0 Å². The van der Waals surface area contributed by atoms with Gasteiger partial charge >= 0.3 is 0 Å². The van der Waals surface area contributed by atoms with E-state index in [-0.39, 0.29) is 5.78 Å². The van der Waals surface area contributed by atoms with Gasteiger partial charge in [-0.1, -0.05) is 72.3 Å². The fraction of sp³-hybridized carbons (Fsp3) is 0.0476. The van der Waals surface area contributed by atoms with Gasteiger partial charge < -0.3 is 0 Å². The van der Waals surface area contributed by atoms with Crippen molar-refractivity contribution in [2.75, 3.05) is 6.54 Å². The molecule has 0 radical (unpaired) electrons. The summed E-state index contributed by atoms with van der Waals surface area (Å²) in [6, 6.07) is 24.5. The van der Waals surface area contributed by atoms with Crippen LogP contribution in [0.5, 0.6) is 0 Å². The Labute approximate surface area is 156 Å². The molecule has 0 saturated carbocycles. The summed E-state index contributed by atoms with van der Waals surface area (Å²) in [5.74, 6) is 0.00567. The second-order valence-electron chi connectivity index (χ2n) is 5.46. The van der Waals surface area contributed by atoms with Gasteiger partial charge in [0.1, 0.15) is 0 Å². The van der Waals surface area contributed by atoms with Gasteiger partial charge in [-0.05, 0) is 34.5 Å². The van der Waals surface area contributed by atoms with E-state index in [9.17, 15) is 4.79 Å². The molecule has 0 fully saturated rings. The number of benzene rings is 3. The summed E-state index contributed by atoms with van der Waals surface area (Å²) in [6.45, 7) is 0.667. The zero-order valence-corrected chi connectivity index (χ0v) is 14.7. The molecule has 0 bridgehead atoms. The monoisotopic (exact) mass is 361 g/mol. The van der Waals surface area contributed by atoms with E-state index >= 15 is 0 Å². The second-order valence-corrected chi connectivity index (χ2v) is 5.90. The molecule has 0 N–H and O–H groups in total. The number of nitrogens with zero attached hydrogens (tertiary/aromatic N) is 3. The molecule has 0 saturated heterocycles. The Morgan fingerprint density at radius 1 is 0.885 bits per heavy atom. The standard InChI is InChI=1S/C19H13ClO.C2H3N3/c20-16-11-12-17(19(21)15-9-5-2-6-10-15)18(13-16)14-7-3-1-4-8-14;1-2-4-5-3-1/h1-13H;1H,2H2. The molecule has 1 heterocycles. The minimum Gasteiger partial charge on any atom is -0.289 e. The number of carbonyl (C=O) groups is 1. The zero-order valence-electron chi connectivity index (χ0n) is 13.9. The van der Waals surface area contributed by atoms with Crippen LogP contribution < -0.4 is 0 Å². The van der Waals surface area contributed by atoms with Crippen LogP contribution >= 0.6 is 11.6 Å². The van der Waals surface area contributed by atoms with Gasteiger partial charge in [-0.15, -0.1) is 5.10 Å². The van der Waals surface area contributed by atoms with E-state index in [1.807, 2.05) is 66.7 Å². The van der Waals surface area contributed by atoms with Crippen LogP contribution in [0.15, 0.2) is 94.3 Å². The van der Waals surface area contributed by atoms with Crippen molar-refractivity contribution in [3.63, 3.8) is 0 Å². The van der Waals surface area contributed by atoms with Crippen LogP contribution in [-0.2, 0) is 0 Å². The lowest BCUT2D eigenvalue weighted by Gasteiger charge is -2.10. The molecule has 0 spiro atoms. The van der Waals surface area contributed by atoms with Crippen LogP contribution in [-0.4, -0.2) is 18.5 Å². The van der Waals surface area contributed by atoms with Gasteiger partial charge in [0.15, 0.2) is 5.78 Å². The molecule has 1 aliphatic heterocycles. The third-order valence-electron chi connectivity index (χ3n) is 3.71. The van der Waals surface area contributed by atoms with Crippen LogP contribution in [0.1, 0.15) is 15.9 Å². The maximum Gasteiger partial charge on any atom is 0.193 e. The topological polar surface area (TPSA) is 54.1 Å². The molecular formula is C21H16ClN3O. The van der Waals surface area contributed by atoms with Crippen LogP contribution in [0.3, 0.4) is 0 Å². The number of halogens is 1. The summed E-state index contributed by atoms with van der Waals surface area (Å²) in [4.78, 5) is 12.7. The lowest BCUT2D eigenvalue weighted by atomic mass is 9.94. The maximum atomic E-state index is 12.7. The van der Waals surface area contributed by atoms with Crippen molar-refractivity contribution in [3.05, 3.63) is 95.0 Å². The van der Waals surface area contributed by atoms with Crippen LogP contribution in [0.2, 0.25) is 5.02 Å². The van der Waals surface area contributed by atoms with Crippen LogP contribution in [0.4, 0.5) is 0 Å². The molecule has 0 unspecified atom stereocenters. The van der Waals surface area contributed by atoms with Crippen molar-refractivity contribution < 1.29 is 4.79 Å². The van der Waals surface area contributed by atoms with E-state index in [1.54, 1.807) is 18.3 Å². The summed E-state index contributed by atoms with van der Waals surface area (Å²) >= 11 is 6.11. The first kappa shape index (κ1) is 17.7. The van der Waals surface area contributed by atoms with Gasteiger partial charge in [0.25, 0.3) is 0 Å². The first-order chi connectivity index (χ1) is 12.8. The maximum absolute atomic E-state index is 12.7. The van der Waals surface area contributed by atoms with Crippen molar-refractivity contribution in [1.29, 1.82) is 0 Å². The van der Waals surface area contributed by atoms with Gasteiger partial charge in [0.2, 0.25) is 0 Å². The smallest absolute Gasteiger partial charge is 0.193 e. The molecule has 4 nitrogen and oxygen atoms in total. The fourth-order valence-electron chi connectivity index (χ4n) is 2.50. The molecule has 3 aromatic carbocycles. The van der Waals surface area contributed by atoms with E-state index in [1.165, 1.54) is 0 Å². The molecule has 3 aromatic rings. The highest BCUT2D eigenvalue weighted by molar-refractivity contribution is 6.31. The minimum absolute atomic E-state index is 0.00567. The van der Waals surface area contributed by atoms with Gasteiger partial charge in [0.05, 0.1) is 12.8 Å². The summed E-state index contributed by atoms with van der Waals surface area (Å²) in [7, 11) is 0. The van der Waals surface area contributed by atoms with E-state index in [2.05, 4.69) is 15.4 Å². The third kappa shape index (κ3) is 4.49. The Morgan fingerprint density at radius 3 is 2.15 bits per heavy atom. The van der Waals surface area contributed by atoms with Gasteiger partial charge in [-0.2, -0.15) is 5.11 Å². The number of carbonyl (C=O) groups excluding carboxylic acids is 1. The lowest BCUT2D eigenvalue weighted by molar-refractivity contribution is 0.103. The lowest BCUT2D eigenvalue weighted by Crippen LogP contribution is -2.03. The highest BCUT2D eigenvalue weighted by atomic mass is 35.5. The molecule has 0 atom stereocenters. The van der Waals surface area contributed by atoms with Crippen molar-refractivity contribution in [2.24, 2.45) is 15.4 Å². The van der Waals surface area contributed by atoms with Crippen LogP contribution in [0.25, 0.3) is 11.1 Å². The fourth-order valence-corrected chi connectivity index (χ4v) is 2.67. The molecule has 128 valence electrons. The first-order valence-electron chi connectivity index (χ1n) is 8.09. The van der Waals surface area contributed by atoms with Crippen molar-refractivity contribution in [1.82, 2.24) is 0 Å². The van der Waals surface area contributed by atoms with E-state index < -0.39 is 0 Å². The molecule has 26 heavy (non-hydrogen) atoms. The normalized spacial score (nSPS) is 11.7. The summed E-state index contributed by atoms with van der Waals surface area (Å²) in [5, 5.41) is 10.8. The van der Waals surface area contributed by atoms with Crippen molar-refractivity contribution in [2.45, 2.75) is 0 Å². The second kappa shape index (κ2) is 8.83. The summed E-state index contributed by atoms with van der Waals surface area (Å²) in [6.07, 6.45) is 1.65. The van der Waals surface area contributed by atoms with Crippen molar-refractivity contribution in [3.8, 4) is 11.1 Å². The molecule has 5 heteroatoms. The van der Waals surface area contributed by atoms with E-state index in [4.69, 9.17) is 11.6 Å². The quantitative estimate of drug-likeness (QED) is 0.554. The highest BCUT2D eigenvalue weighted by Crippen LogP contribution is 2.28. The highest BCUT2D eigenvalue weighted by Gasteiger charge is 2.14. The van der Waals surface area contributed by atoms with Gasteiger partial charge in [0, 0.05) is 16.1 Å². The predicted molar refractivity (Wildman–Crippen MR) is 105 cm³/mol. The summed E-state index contributed by atoms with van der Waals surface area (Å²) in [5.41, 5.74) is 3.19. The molecule has 0 amide bonds.